The molecule has 2 aromatic heterocycles. The minimum absolute atomic E-state index is 0.0294. The Kier molecular flexibility index (Phi) is 5.40. The molecule has 1 aliphatic rings. The van der Waals surface area contributed by atoms with Gasteiger partial charge < -0.3 is 26.8 Å². The molecule has 2 atom stereocenters. The van der Waals surface area contributed by atoms with E-state index in [0.29, 0.717) is 17.5 Å². The number of carbonyl (C=O) groups excluding carboxylic acids is 1. The summed E-state index contributed by atoms with van der Waals surface area (Å²) in [5, 5.41) is 11.3. The van der Waals surface area contributed by atoms with E-state index in [9.17, 15) is 9.18 Å². The van der Waals surface area contributed by atoms with E-state index in [2.05, 4.69) is 20.7 Å². The van der Waals surface area contributed by atoms with Crippen LogP contribution in [-0.2, 0) is 7.05 Å². The Bertz CT molecular complexity index is 1140. The highest BCUT2D eigenvalue weighted by molar-refractivity contribution is 5.99. The van der Waals surface area contributed by atoms with E-state index in [1.807, 2.05) is 26.1 Å². The molecule has 1 amide bonds. The topological polar surface area (TPSA) is 133 Å². The van der Waals surface area contributed by atoms with Crippen molar-refractivity contribution < 1.29 is 13.9 Å². The lowest BCUT2D eigenvalue weighted by atomic mass is 10.1. The zero-order valence-corrected chi connectivity index (χ0v) is 17.6. The summed E-state index contributed by atoms with van der Waals surface area (Å²) in [6.45, 7) is 1.88. The second-order valence-corrected chi connectivity index (χ2v) is 7.94. The van der Waals surface area contributed by atoms with E-state index in [1.54, 1.807) is 17.9 Å². The maximum atomic E-state index is 14.7. The standard InChI is InChI=1S/C21H26FN7O2/c1-10(23)17(11-4-5-11)26-20-15(22)9-14(18(24)30)19(27-20)25-12-6-7-16-13(8-12)21(31-3)28-29(16)2/h6-11,17H,4-5,23H2,1-3H3,(H2,24,30)(H2,25,26,27)/t10-,17-/m0/s1. The number of hydrogen-bond donors (Lipinski definition) is 4. The number of nitrogens with two attached hydrogens (primary N) is 2. The van der Waals surface area contributed by atoms with Crippen molar-refractivity contribution >= 4 is 34.1 Å². The van der Waals surface area contributed by atoms with Crippen LogP contribution >= 0.6 is 0 Å². The fourth-order valence-electron chi connectivity index (χ4n) is 3.76. The number of pyridine rings is 1. The van der Waals surface area contributed by atoms with Gasteiger partial charge in [0.25, 0.3) is 5.91 Å². The minimum Gasteiger partial charge on any atom is -0.479 e. The molecule has 0 unspecified atom stereocenters. The number of nitrogens with one attached hydrogen (secondary N) is 2. The highest BCUT2D eigenvalue weighted by Gasteiger charge is 2.34. The average Bonchev–Trinajstić information content (AvgIpc) is 3.51. The molecule has 2 heterocycles. The third-order valence-corrected chi connectivity index (χ3v) is 5.51. The Balaban J connectivity index is 1.71. The molecular formula is C21H26FN7O2. The van der Waals surface area contributed by atoms with Crippen LogP contribution in [0.25, 0.3) is 10.9 Å². The van der Waals surface area contributed by atoms with Gasteiger partial charge in [0.1, 0.15) is 5.82 Å². The van der Waals surface area contributed by atoms with E-state index >= 15 is 0 Å². The molecule has 0 saturated heterocycles. The van der Waals surface area contributed by atoms with Crippen molar-refractivity contribution in [1.82, 2.24) is 14.8 Å². The minimum atomic E-state index is -0.786. The average molecular weight is 427 g/mol. The number of benzene rings is 1. The summed E-state index contributed by atoms with van der Waals surface area (Å²) >= 11 is 0. The predicted octanol–water partition coefficient (Wildman–Crippen LogP) is 2.50. The lowest BCUT2D eigenvalue weighted by molar-refractivity contribution is 0.100. The molecule has 4 rings (SSSR count). The fourth-order valence-corrected chi connectivity index (χ4v) is 3.76. The summed E-state index contributed by atoms with van der Waals surface area (Å²) in [5.41, 5.74) is 13.0. The van der Waals surface area contributed by atoms with Crippen molar-refractivity contribution in [2.45, 2.75) is 31.8 Å². The number of fused-ring (bicyclic) bond motifs is 1. The lowest BCUT2D eigenvalue weighted by Crippen LogP contribution is -2.40. The number of aromatic nitrogens is 3. The second kappa shape index (κ2) is 8.03. The van der Waals surface area contributed by atoms with Gasteiger partial charge in [-0.2, -0.15) is 0 Å². The molecule has 1 aliphatic carbocycles. The molecule has 6 N–H and O–H groups in total. The molecule has 1 aromatic carbocycles. The highest BCUT2D eigenvalue weighted by Crippen LogP contribution is 2.36. The number of halogens is 1. The van der Waals surface area contributed by atoms with Crippen LogP contribution in [-0.4, -0.2) is 39.9 Å². The van der Waals surface area contributed by atoms with Crippen LogP contribution in [0, 0.1) is 11.7 Å². The van der Waals surface area contributed by atoms with Crippen LogP contribution in [0.4, 0.5) is 21.7 Å². The molecule has 31 heavy (non-hydrogen) atoms. The molecular weight excluding hydrogens is 401 g/mol. The molecule has 164 valence electrons. The van der Waals surface area contributed by atoms with Crippen molar-refractivity contribution in [2.24, 2.45) is 24.4 Å². The summed E-state index contributed by atoms with van der Waals surface area (Å²) in [6, 6.07) is 6.29. The predicted molar refractivity (Wildman–Crippen MR) is 117 cm³/mol. The summed E-state index contributed by atoms with van der Waals surface area (Å²) < 4.78 is 21.7. The van der Waals surface area contributed by atoms with Crippen molar-refractivity contribution in [2.75, 3.05) is 17.7 Å². The van der Waals surface area contributed by atoms with Crippen LogP contribution < -0.4 is 26.8 Å². The van der Waals surface area contributed by atoms with Gasteiger partial charge in [0.05, 0.1) is 23.6 Å². The third-order valence-electron chi connectivity index (χ3n) is 5.51. The number of rotatable bonds is 8. The van der Waals surface area contributed by atoms with Gasteiger partial charge in [-0.1, -0.05) is 0 Å². The molecule has 3 aromatic rings. The van der Waals surface area contributed by atoms with Gasteiger partial charge in [-0.25, -0.2) is 9.37 Å². The number of ether oxygens (including phenoxy) is 1. The SMILES string of the molecule is COc1nn(C)c2ccc(Nc3nc(N[C@H](C4CC4)[C@H](C)N)c(F)cc3C(N)=O)cc12. The molecule has 1 fully saturated rings. The highest BCUT2D eigenvalue weighted by atomic mass is 19.1. The van der Waals surface area contributed by atoms with E-state index < -0.39 is 11.7 Å². The normalized spacial score (nSPS) is 15.5. The number of hydrogen-bond acceptors (Lipinski definition) is 7. The molecule has 0 spiro atoms. The van der Waals surface area contributed by atoms with Gasteiger partial charge in [0.15, 0.2) is 11.6 Å². The molecule has 9 nitrogen and oxygen atoms in total. The number of amides is 1. The van der Waals surface area contributed by atoms with Gasteiger partial charge in [-0.3, -0.25) is 9.48 Å². The van der Waals surface area contributed by atoms with Gasteiger partial charge in [-0.05, 0) is 49.9 Å². The van der Waals surface area contributed by atoms with Gasteiger partial charge >= 0.3 is 0 Å². The smallest absolute Gasteiger partial charge is 0.252 e. The van der Waals surface area contributed by atoms with E-state index in [1.165, 1.54) is 0 Å². The van der Waals surface area contributed by atoms with E-state index in [-0.39, 0.29) is 29.3 Å². The number of anilines is 3. The second-order valence-electron chi connectivity index (χ2n) is 7.94. The Morgan fingerprint density at radius 2 is 2.06 bits per heavy atom. The first kappa shape index (κ1) is 20.9. The Labute approximate surface area is 178 Å². The molecule has 0 radical (unpaired) electrons. The maximum absolute atomic E-state index is 14.7. The molecule has 10 heteroatoms. The van der Waals surface area contributed by atoms with Crippen molar-refractivity contribution in [3.63, 3.8) is 0 Å². The summed E-state index contributed by atoms with van der Waals surface area (Å²) in [6.07, 6.45) is 2.08. The third kappa shape index (κ3) is 4.11. The van der Waals surface area contributed by atoms with Crippen LogP contribution in [0.5, 0.6) is 5.88 Å². The van der Waals surface area contributed by atoms with Crippen LogP contribution in [0.15, 0.2) is 24.3 Å². The van der Waals surface area contributed by atoms with Crippen LogP contribution in [0.3, 0.4) is 0 Å². The van der Waals surface area contributed by atoms with E-state index in [0.717, 1.165) is 29.8 Å². The van der Waals surface area contributed by atoms with Gasteiger partial charge in [-0.15, -0.1) is 5.10 Å². The zero-order valence-electron chi connectivity index (χ0n) is 17.6. The summed E-state index contributed by atoms with van der Waals surface area (Å²) in [4.78, 5) is 16.3. The Hall–Kier alpha value is -3.40. The maximum Gasteiger partial charge on any atom is 0.252 e. The van der Waals surface area contributed by atoms with Crippen molar-refractivity contribution in [3.8, 4) is 5.88 Å². The number of primary amides is 1. The largest absolute Gasteiger partial charge is 0.479 e. The quantitative estimate of drug-likeness (QED) is 0.434. The van der Waals surface area contributed by atoms with E-state index in [4.69, 9.17) is 16.2 Å². The summed E-state index contributed by atoms with van der Waals surface area (Å²) in [7, 11) is 3.36. The van der Waals surface area contributed by atoms with Gasteiger partial charge in [0.2, 0.25) is 5.88 Å². The number of carbonyl (C=O) groups is 1. The number of nitrogens with zero attached hydrogens (tertiary/aromatic N) is 3. The monoisotopic (exact) mass is 427 g/mol. The Morgan fingerprint density at radius 1 is 1.32 bits per heavy atom. The van der Waals surface area contributed by atoms with Gasteiger partial charge in [0, 0.05) is 24.8 Å². The first-order valence-corrected chi connectivity index (χ1v) is 10.1. The number of methoxy groups -OCH3 is 1. The number of aryl methyl sites for hydroxylation is 1. The lowest BCUT2D eigenvalue weighted by Gasteiger charge is -2.23. The fraction of sp³-hybridized carbons (Fsp3) is 0.381. The first-order chi connectivity index (χ1) is 14.8. The summed E-state index contributed by atoms with van der Waals surface area (Å²) in [5.74, 6) is -0.412. The Morgan fingerprint density at radius 3 is 2.68 bits per heavy atom. The molecule has 0 bridgehead atoms. The van der Waals surface area contributed by atoms with Crippen LogP contribution in [0.1, 0.15) is 30.1 Å². The molecule has 0 aliphatic heterocycles. The van der Waals surface area contributed by atoms with Crippen molar-refractivity contribution in [3.05, 3.63) is 35.6 Å². The van der Waals surface area contributed by atoms with Crippen molar-refractivity contribution in [1.29, 1.82) is 0 Å². The van der Waals surface area contributed by atoms with Crippen LogP contribution in [0.2, 0.25) is 0 Å². The molecule has 1 saturated carbocycles. The first-order valence-electron chi connectivity index (χ1n) is 10.1. The zero-order chi connectivity index (χ0) is 22.3.